The number of benzene rings is 1. The van der Waals surface area contributed by atoms with Gasteiger partial charge in [-0.3, -0.25) is 14.4 Å². The number of ether oxygens (including phenoxy) is 1. The van der Waals surface area contributed by atoms with Crippen molar-refractivity contribution in [1.82, 2.24) is 19.7 Å². The third kappa shape index (κ3) is 3.82. The maximum atomic E-state index is 11.4. The van der Waals surface area contributed by atoms with Crippen LogP contribution < -0.4 is 10.1 Å². The van der Waals surface area contributed by atoms with Gasteiger partial charge in [0.1, 0.15) is 25.0 Å². The molecule has 1 fully saturated rings. The summed E-state index contributed by atoms with van der Waals surface area (Å²) in [6.07, 6.45) is 7.11. The number of aromatic nitrogens is 3. The highest BCUT2D eigenvalue weighted by molar-refractivity contribution is 5.93. The molecule has 7 heteroatoms. The van der Waals surface area contributed by atoms with E-state index in [0.29, 0.717) is 19.1 Å². The first kappa shape index (κ1) is 16.1. The molecule has 0 bridgehead atoms. The summed E-state index contributed by atoms with van der Waals surface area (Å²) in [6, 6.07) is 6.42. The highest BCUT2D eigenvalue weighted by Crippen LogP contribution is 2.27. The first-order valence-corrected chi connectivity index (χ1v) is 8.90. The van der Waals surface area contributed by atoms with Crippen molar-refractivity contribution in [3.8, 4) is 5.75 Å². The van der Waals surface area contributed by atoms with Gasteiger partial charge in [0, 0.05) is 24.7 Å². The van der Waals surface area contributed by atoms with Crippen molar-refractivity contribution in [3.05, 3.63) is 36.4 Å². The standard InChI is InChI=1S/C18H23N5O2/c24-18-6-3-14-10-16(4-5-17(14)21-18)25-9-8-22-7-1-2-15(22)11-23-13-19-12-20-23/h4-5,10,12-13,15H,1-3,6-9,11H2,(H,21,24)/t15-/m0/s1. The Kier molecular flexibility index (Phi) is 4.65. The fourth-order valence-electron chi connectivity index (χ4n) is 3.67. The number of aryl methyl sites for hydroxylation is 1. The second kappa shape index (κ2) is 7.23. The lowest BCUT2D eigenvalue weighted by Crippen LogP contribution is -2.36. The van der Waals surface area contributed by atoms with Crippen LogP contribution in [-0.2, 0) is 17.8 Å². The SMILES string of the molecule is O=C1CCc2cc(OCCN3CCC[C@H]3Cn3cncn3)ccc2N1. The molecule has 2 aliphatic rings. The van der Waals surface area contributed by atoms with Crippen molar-refractivity contribution < 1.29 is 9.53 Å². The van der Waals surface area contributed by atoms with Crippen LogP contribution >= 0.6 is 0 Å². The van der Waals surface area contributed by atoms with E-state index >= 15 is 0 Å². The van der Waals surface area contributed by atoms with Gasteiger partial charge in [-0.2, -0.15) is 5.10 Å². The molecular formula is C18H23N5O2. The third-order valence-electron chi connectivity index (χ3n) is 4.98. The van der Waals surface area contributed by atoms with E-state index in [1.54, 1.807) is 12.7 Å². The number of hydrogen-bond donors (Lipinski definition) is 1. The minimum Gasteiger partial charge on any atom is -0.492 e. The number of fused-ring (bicyclic) bond motifs is 1. The zero-order valence-corrected chi connectivity index (χ0v) is 14.2. The van der Waals surface area contributed by atoms with Gasteiger partial charge in [0.15, 0.2) is 0 Å². The van der Waals surface area contributed by atoms with Crippen molar-refractivity contribution in [2.24, 2.45) is 0 Å². The van der Waals surface area contributed by atoms with E-state index in [4.69, 9.17) is 4.74 Å². The quantitative estimate of drug-likeness (QED) is 0.866. The molecule has 2 aromatic rings. The van der Waals surface area contributed by atoms with Crippen LogP contribution in [0.3, 0.4) is 0 Å². The van der Waals surface area contributed by atoms with Crippen LogP contribution in [0.25, 0.3) is 0 Å². The van der Waals surface area contributed by atoms with E-state index in [1.165, 1.54) is 12.8 Å². The fraction of sp³-hybridized carbons (Fsp3) is 0.500. The first-order valence-electron chi connectivity index (χ1n) is 8.90. The summed E-state index contributed by atoms with van der Waals surface area (Å²) < 4.78 is 7.86. The molecule has 1 amide bonds. The fourth-order valence-corrected chi connectivity index (χ4v) is 3.67. The van der Waals surface area contributed by atoms with Gasteiger partial charge in [0.2, 0.25) is 5.91 Å². The van der Waals surface area contributed by atoms with Gasteiger partial charge < -0.3 is 10.1 Å². The van der Waals surface area contributed by atoms with Crippen molar-refractivity contribution >= 4 is 11.6 Å². The lowest BCUT2D eigenvalue weighted by atomic mass is 10.0. The Bertz CT molecular complexity index is 731. The number of nitrogens with one attached hydrogen (secondary N) is 1. The van der Waals surface area contributed by atoms with Gasteiger partial charge in [-0.25, -0.2) is 4.98 Å². The second-order valence-corrected chi connectivity index (χ2v) is 6.67. The van der Waals surface area contributed by atoms with Crippen molar-refractivity contribution in [1.29, 1.82) is 0 Å². The summed E-state index contributed by atoms with van der Waals surface area (Å²) in [7, 11) is 0. The van der Waals surface area contributed by atoms with E-state index < -0.39 is 0 Å². The Hall–Kier alpha value is -2.41. The topological polar surface area (TPSA) is 72.3 Å². The van der Waals surface area contributed by atoms with Crippen molar-refractivity contribution in [2.45, 2.75) is 38.3 Å². The number of rotatable bonds is 6. The van der Waals surface area contributed by atoms with Gasteiger partial charge >= 0.3 is 0 Å². The minimum absolute atomic E-state index is 0.0913. The molecule has 0 spiro atoms. The summed E-state index contributed by atoms with van der Waals surface area (Å²) in [5.74, 6) is 0.968. The van der Waals surface area contributed by atoms with Crippen molar-refractivity contribution in [2.75, 3.05) is 25.0 Å². The molecule has 25 heavy (non-hydrogen) atoms. The van der Waals surface area contributed by atoms with E-state index in [1.807, 2.05) is 22.9 Å². The summed E-state index contributed by atoms with van der Waals surface area (Å²) >= 11 is 0. The molecule has 0 saturated carbocycles. The van der Waals surface area contributed by atoms with Crippen LogP contribution in [0.5, 0.6) is 5.75 Å². The van der Waals surface area contributed by atoms with E-state index in [0.717, 1.165) is 43.1 Å². The number of anilines is 1. The summed E-state index contributed by atoms with van der Waals surface area (Å²) in [6.45, 7) is 3.57. The van der Waals surface area contributed by atoms with Crippen LogP contribution in [0.1, 0.15) is 24.8 Å². The van der Waals surface area contributed by atoms with Gasteiger partial charge in [-0.1, -0.05) is 0 Å². The molecule has 1 atom stereocenters. The number of carbonyl (C=O) groups is 1. The number of amides is 1. The zero-order valence-electron chi connectivity index (χ0n) is 14.2. The third-order valence-corrected chi connectivity index (χ3v) is 4.98. The minimum atomic E-state index is 0.0913. The van der Waals surface area contributed by atoms with Crippen LogP contribution in [0.15, 0.2) is 30.9 Å². The van der Waals surface area contributed by atoms with Gasteiger partial charge in [-0.15, -0.1) is 0 Å². The molecule has 0 aliphatic carbocycles. The average Bonchev–Trinajstić information content (AvgIpc) is 3.28. The number of hydrogen-bond acceptors (Lipinski definition) is 5. The van der Waals surface area contributed by atoms with Gasteiger partial charge in [0.25, 0.3) is 0 Å². The van der Waals surface area contributed by atoms with Crippen molar-refractivity contribution in [3.63, 3.8) is 0 Å². The maximum absolute atomic E-state index is 11.4. The molecule has 7 nitrogen and oxygen atoms in total. The zero-order chi connectivity index (χ0) is 17.1. The highest BCUT2D eigenvalue weighted by Gasteiger charge is 2.24. The number of likely N-dealkylation sites (tertiary alicyclic amines) is 1. The second-order valence-electron chi connectivity index (χ2n) is 6.67. The molecule has 1 aromatic heterocycles. The molecular weight excluding hydrogens is 318 g/mol. The van der Waals surface area contributed by atoms with E-state index in [-0.39, 0.29) is 5.91 Å². The predicted octanol–water partition coefficient (Wildman–Crippen LogP) is 1.71. The molecule has 0 radical (unpaired) electrons. The smallest absolute Gasteiger partial charge is 0.224 e. The molecule has 4 rings (SSSR count). The van der Waals surface area contributed by atoms with Crippen LogP contribution in [0, 0.1) is 0 Å². The molecule has 1 N–H and O–H groups in total. The van der Waals surface area contributed by atoms with Gasteiger partial charge in [0.05, 0.1) is 6.54 Å². The predicted molar refractivity (Wildman–Crippen MR) is 93.5 cm³/mol. The summed E-state index contributed by atoms with van der Waals surface area (Å²) in [4.78, 5) is 17.9. The molecule has 3 heterocycles. The molecule has 132 valence electrons. The molecule has 0 unspecified atom stereocenters. The van der Waals surface area contributed by atoms with E-state index in [9.17, 15) is 4.79 Å². The maximum Gasteiger partial charge on any atom is 0.224 e. The van der Waals surface area contributed by atoms with Crippen LogP contribution in [0.2, 0.25) is 0 Å². The Morgan fingerprint density at radius 3 is 3.16 bits per heavy atom. The van der Waals surface area contributed by atoms with Crippen LogP contribution in [0.4, 0.5) is 5.69 Å². The highest BCUT2D eigenvalue weighted by atomic mass is 16.5. The van der Waals surface area contributed by atoms with E-state index in [2.05, 4.69) is 20.3 Å². The normalized spacial score (nSPS) is 20.3. The Balaban J connectivity index is 1.29. The number of carbonyl (C=O) groups excluding carboxylic acids is 1. The Morgan fingerprint density at radius 1 is 1.32 bits per heavy atom. The average molecular weight is 341 g/mol. The van der Waals surface area contributed by atoms with Crippen LogP contribution in [-0.4, -0.2) is 51.3 Å². The first-order chi connectivity index (χ1) is 12.3. The molecule has 1 aromatic carbocycles. The number of nitrogens with zero attached hydrogens (tertiary/aromatic N) is 4. The largest absolute Gasteiger partial charge is 0.492 e. The molecule has 1 saturated heterocycles. The lowest BCUT2D eigenvalue weighted by Gasteiger charge is -2.24. The van der Waals surface area contributed by atoms with Gasteiger partial charge in [-0.05, 0) is 49.6 Å². The Morgan fingerprint density at radius 2 is 2.28 bits per heavy atom. The monoisotopic (exact) mass is 341 g/mol. The molecule has 2 aliphatic heterocycles. The lowest BCUT2D eigenvalue weighted by molar-refractivity contribution is -0.116. The Labute approximate surface area is 147 Å². The summed E-state index contributed by atoms with van der Waals surface area (Å²) in [5, 5.41) is 7.10. The summed E-state index contributed by atoms with van der Waals surface area (Å²) in [5.41, 5.74) is 2.07.